The second-order valence-corrected chi connectivity index (χ2v) is 9.64. The Hall–Kier alpha value is -3.65. The summed E-state index contributed by atoms with van der Waals surface area (Å²) in [6.07, 6.45) is -13.4. The first-order valence-electron chi connectivity index (χ1n) is 12.1. The molecule has 1 aromatic rings. The number of ether oxygens (including phenoxy) is 4. The van der Waals surface area contributed by atoms with Crippen LogP contribution in [0.4, 0.5) is 66.7 Å². The van der Waals surface area contributed by atoms with Crippen LogP contribution in [-0.2, 0) is 18.9 Å². The van der Waals surface area contributed by atoms with E-state index in [4.69, 9.17) is 21.1 Å². The van der Waals surface area contributed by atoms with Crippen LogP contribution in [0.25, 0.3) is 0 Å². The number of hydrogen-bond acceptors (Lipinski definition) is 8. The van der Waals surface area contributed by atoms with Crippen molar-refractivity contribution in [3.05, 3.63) is 52.0 Å². The topological polar surface area (TPSA) is 96.0 Å². The Morgan fingerprint density at radius 2 is 1.33 bits per heavy atom. The van der Waals surface area contributed by atoms with Crippen LogP contribution < -0.4 is 5.32 Å². The number of rotatable bonds is 11. The first-order valence-corrected chi connectivity index (χ1v) is 12.5. The summed E-state index contributed by atoms with van der Waals surface area (Å²) < 4.78 is 191. The van der Waals surface area contributed by atoms with Crippen LogP contribution in [0.5, 0.6) is 0 Å². The van der Waals surface area contributed by atoms with E-state index in [0.29, 0.717) is 0 Å². The highest BCUT2D eigenvalue weighted by Crippen LogP contribution is 2.60. The molecule has 2 heterocycles. The summed E-state index contributed by atoms with van der Waals surface area (Å²) in [4.78, 5) is 28.0. The molecule has 1 aromatic heterocycles. The summed E-state index contributed by atoms with van der Waals surface area (Å²) in [6, 6.07) is 2.73. The third-order valence-corrected chi connectivity index (χ3v) is 6.46. The maximum atomic E-state index is 14.0. The van der Waals surface area contributed by atoms with Gasteiger partial charge in [-0.15, -0.1) is 0 Å². The Labute approximate surface area is 254 Å². The van der Waals surface area contributed by atoms with E-state index in [0.717, 1.165) is 7.11 Å². The molecule has 0 aromatic carbocycles. The molecular formula is C24H20ClF13N2O6. The highest BCUT2D eigenvalue weighted by Gasteiger charge is 2.90. The van der Waals surface area contributed by atoms with Crippen LogP contribution in [0.3, 0.4) is 0 Å². The number of carbonyl (C=O) groups excluding carboxylic acids is 2. The van der Waals surface area contributed by atoms with E-state index in [2.05, 4.69) is 19.8 Å². The Kier molecular flexibility index (Phi) is 11.1. The van der Waals surface area contributed by atoms with Gasteiger partial charge in [-0.25, -0.2) is 14.6 Å². The van der Waals surface area contributed by atoms with Crippen molar-refractivity contribution in [3.8, 4) is 0 Å². The predicted octanol–water partition coefficient (Wildman–Crippen LogP) is 8.34. The molecular weight excluding hydrogens is 695 g/mol. The van der Waals surface area contributed by atoms with Gasteiger partial charge in [0, 0.05) is 18.2 Å². The number of pyridine rings is 1. The Bertz CT molecular complexity index is 1380. The number of dihydropyridines is 1. The minimum Gasteiger partial charge on any atom is -0.437 e. The zero-order chi connectivity index (χ0) is 35.7. The molecule has 0 bridgehead atoms. The van der Waals surface area contributed by atoms with Crippen LogP contribution in [0, 0.1) is 0 Å². The molecule has 260 valence electrons. The van der Waals surface area contributed by atoms with Crippen molar-refractivity contribution in [1.29, 1.82) is 0 Å². The van der Waals surface area contributed by atoms with Crippen molar-refractivity contribution in [2.45, 2.75) is 68.4 Å². The van der Waals surface area contributed by atoms with E-state index >= 15 is 0 Å². The largest absolute Gasteiger partial charge is 0.513 e. The average molecular weight is 715 g/mol. The van der Waals surface area contributed by atoms with E-state index in [1.165, 1.54) is 32.2 Å². The Morgan fingerprint density at radius 1 is 0.826 bits per heavy atom. The van der Waals surface area contributed by atoms with Crippen LogP contribution >= 0.6 is 11.6 Å². The lowest BCUT2D eigenvalue weighted by Crippen LogP contribution is -2.70. The third-order valence-electron chi connectivity index (χ3n) is 6.14. The molecule has 1 aliphatic rings. The van der Waals surface area contributed by atoms with E-state index in [1.807, 2.05) is 0 Å². The van der Waals surface area contributed by atoms with Crippen LogP contribution in [0.2, 0.25) is 5.15 Å². The smallest absolute Gasteiger partial charge is 0.437 e. The normalized spacial score (nSPS) is 17.0. The quantitative estimate of drug-likeness (QED) is 0.106. The first kappa shape index (κ1) is 38.5. The number of aromatic nitrogens is 1. The van der Waals surface area contributed by atoms with Gasteiger partial charge in [0.1, 0.15) is 22.6 Å². The fourth-order valence-electron chi connectivity index (χ4n) is 3.78. The maximum absolute atomic E-state index is 14.0. The van der Waals surface area contributed by atoms with Gasteiger partial charge < -0.3 is 24.3 Å². The second kappa shape index (κ2) is 13.2. The van der Waals surface area contributed by atoms with Gasteiger partial charge in [0.25, 0.3) is 0 Å². The van der Waals surface area contributed by atoms with E-state index in [-0.39, 0.29) is 27.9 Å². The zero-order valence-electron chi connectivity index (χ0n) is 23.1. The number of nitrogens with zero attached hydrogens (tertiary/aromatic N) is 1. The number of methoxy groups -OCH3 is 1. The van der Waals surface area contributed by atoms with Gasteiger partial charge in [0.15, 0.2) is 0 Å². The molecule has 8 nitrogen and oxygen atoms in total. The van der Waals surface area contributed by atoms with Gasteiger partial charge in [0.2, 0.25) is 0 Å². The molecule has 0 amide bonds. The molecule has 1 aliphatic heterocycles. The van der Waals surface area contributed by atoms with Crippen molar-refractivity contribution in [3.63, 3.8) is 0 Å². The highest BCUT2D eigenvalue weighted by atomic mass is 35.5. The number of carbonyl (C=O) groups is 2. The van der Waals surface area contributed by atoms with Gasteiger partial charge in [-0.05, 0) is 26.3 Å². The molecule has 1 unspecified atom stereocenters. The van der Waals surface area contributed by atoms with Gasteiger partial charge in [-0.3, -0.25) is 0 Å². The number of halogens is 14. The van der Waals surface area contributed by atoms with E-state index < -0.39 is 79.2 Å². The minimum absolute atomic E-state index is 0.0292. The summed E-state index contributed by atoms with van der Waals surface area (Å²) in [5.41, 5.74) is 0.246. The molecule has 1 atom stereocenters. The molecule has 0 spiro atoms. The van der Waals surface area contributed by atoms with Crippen LogP contribution in [0.15, 0.2) is 41.2 Å². The van der Waals surface area contributed by atoms with Crippen molar-refractivity contribution < 1.29 is 85.6 Å². The minimum atomic E-state index is -8.03. The van der Waals surface area contributed by atoms with Crippen LogP contribution in [0.1, 0.15) is 38.2 Å². The SMILES string of the molecule is COC(=O)OC1=C(C)NC(C)=C(OC(=O)OCCCC(F)(F)C(F)(F)C(F)(F)C(F)(F)C(F)(F)C(F)(F)F)C1c1cccnc1Cl. The average Bonchev–Trinajstić information content (AvgIpc) is 2.93. The van der Waals surface area contributed by atoms with Crippen LogP contribution in [-0.4, -0.2) is 66.8 Å². The summed E-state index contributed by atoms with van der Waals surface area (Å²) in [6.45, 7) is 1.34. The fraction of sp³-hybridized carbons (Fsp3) is 0.542. The van der Waals surface area contributed by atoms with Crippen molar-refractivity contribution in [1.82, 2.24) is 10.3 Å². The zero-order valence-corrected chi connectivity index (χ0v) is 23.9. The summed E-state index contributed by atoms with van der Waals surface area (Å²) >= 11 is 6.13. The molecule has 2 rings (SSSR count). The monoisotopic (exact) mass is 714 g/mol. The Balaban J connectivity index is 2.21. The molecule has 0 radical (unpaired) electrons. The summed E-state index contributed by atoms with van der Waals surface area (Å²) in [5, 5.41) is 2.47. The lowest BCUT2D eigenvalue weighted by Gasteiger charge is -2.39. The van der Waals surface area contributed by atoms with Gasteiger partial charge in [0.05, 0.1) is 25.1 Å². The summed E-state index contributed by atoms with van der Waals surface area (Å²) in [7, 11) is 0.959. The van der Waals surface area contributed by atoms with E-state index in [9.17, 15) is 66.7 Å². The predicted molar refractivity (Wildman–Crippen MR) is 126 cm³/mol. The molecule has 0 fully saturated rings. The molecule has 1 N–H and O–H groups in total. The Morgan fingerprint density at radius 3 is 1.80 bits per heavy atom. The molecule has 22 heteroatoms. The van der Waals surface area contributed by atoms with E-state index in [1.54, 1.807) is 0 Å². The van der Waals surface area contributed by atoms with Gasteiger partial charge in [-0.1, -0.05) is 17.7 Å². The number of nitrogens with one attached hydrogen (secondary N) is 1. The third kappa shape index (κ3) is 7.02. The second-order valence-electron chi connectivity index (χ2n) is 9.28. The van der Waals surface area contributed by atoms with Gasteiger partial charge in [-0.2, -0.15) is 57.1 Å². The van der Waals surface area contributed by atoms with Crippen molar-refractivity contribution in [2.75, 3.05) is 13.7 Å². The summed E-state index contributed by atoms with van der Waals surface area (Å²) in [5.74, 6) is -39.6. The molecule has 46 heavy (non-hydrogen) atoms. The van der Waals surface area contributed by atoms with Crippen molar-refractivity contribution >= 4 is 23.9 Å². The maximum Gasteiger partial charge on any atom is 0.513 e. The fourth-order valence-corrected chi connectivity index (χ4v) is 4.01. The number of alkyl halides is 13. The standard InChI is InChI=1S/C24H20ClF13N2O6/c1-10-14(45-17(41)43-3)13(12-6-4-8-39-16(12)25)15(11(2)40-10)46-18(42)44-9-5-7-19(26,27)20(28,29)21(30,31)22(32,33)23(34,35)24(36,37)38/h4,6,8,13,40H,5,7,9H2,1-3H3. The number of hydrogen-bond donors (Lipinski definition) is 1. The number of allylic oxidation sites excluding steroid dienone is 2. The van der Waals surface area contributed by atoms with Gasteiger partial charge >= 0.3 is 48.1 Å². The van der Waals surface area contributed by atoms with Crippen molar-refractivity contribution in [2.24, 2.45) is 0 Å². The molecule has 0 saturated carbocycles. The highest BCUT2D eigenvalue weighted by molar-refractivity contribution is 6.30. The lowest BCUT2D eigenvalue weighted by molar-refractivity contribution is -0.440. The first-order chi connectivity index (χ1) is 20.8. The molecule has 0 saturated heterocycles. The lowest BCUT2D eigenvalue weighted by atomic mass is 9.91. The molecule has 0 aliphatic carbocycles.